The Morgan fingerprint density at radius 3 is 2.68 bits per heavy atom. The van der Waals surface area contributed by atoms with Crippen LogP contribution in [0, 0.1) is 17.0 Å². The predicted octanol–water partition coefficient (Wildman–Crippen LogP) is 3.53. The van der Waals surface area contributed by atoms with Gasteiger partial charge in [-0.3, -0.25) is 9.78 Å². The highest BCUT2D eigenvalue weighted by Gasteiger charge is 2.65. The molecule has 2 aliphatic rings. The predicted molar refractivity (Wildman–Crippen MR) is 120 cm³/mol. The maximum atomic E-state index is 14.4. The number of rotatable bonds is 5. The number of hydrogen-bond acceptors (Lipinski definition) is 6. The summed E-state index contributed by atoms with van der Waals surface area (Å²) in [6, 6.07) is 5.46. The number of nitrogens with one attached hydrogen (secondary N) is 1. The molecule has 2 aliphatic carbocycles. The van der Waals surface area contributed by atoms with Gasteiger partial charge in [0.1, 0.15) is 17.3 Å². The zero-order valence-electron chi connectivity index (χ0n) is 19.1. The molecule has 3 atom stereocenters. The van der Waals surface area contributed by atoms with Crippen LogP contribution in [0.4, 0.5) is 8.78 Å². The minimum atomic E-state index is -0.687. The molecular formula is C25H25F2N5O2. The normalized spacial score (nSPS) is 22.9. The number of fused-ring (bicyclic) bond motifs is 5. The van der Waals surface area contributed by atoms with Gasteiger partial charge in [-0.15, -0.1) is 5.10 Å². The molecule has 176 valence electrons. The minimum absolute atomic E-state index is 0.0844. The van der Waals surface area contributed by atoms with Crippen LogP contribution in [-0.4, -0.2) is 43.8 Å². The summed E-state index contributed by atoms with van der Waals surface area (Å²) in [7, 11) is 0. The summed E-state index contributed by atoms with van der Waals surface area (Å²) in [5, 5.41) is 20.8. The molecule has 0 radical (unpaired) electrons. The van der Waals surface area contributed by atoms with Gasteiger partial charge < -0.3 is 10.4 Å². The lowest BCUT2D eigenvalue weighted by Crippen LogP contribution is -2.39. The zero-order valence-corrected chi connectivity index (χ0v) is 19.1. The number of aliphatic hydroxyl groups excluding tert-OH is 1. The highest BCUT2D eigenvalue weighted by molar-refractivity contribution is 5.92. The molecule has 1 amide bonds. The minimum Gasteiger partial charge on any atom is -0.392 e. The second-order valence-corrected chi connectivity index (χ2v) is 9.70. The van der Waals surface area contributed by atoms with Crippen LogP contribution in [0.25, 0.3) is 11.3 Å². The molecule has 9 heteroatoms. The number of aromatic nitrogens is 4. The third kappa shape index (κ3) is 3.14. The van der Waals surface area contributed by atoms with Crippen LogP contribution >= 0.6 is 0 Å². The quantitative estimate of drug-likeness (QED) is 0.598. The molecule has 34 heavy (non-hydrogen) atoms. The van der Waals surface area contributed by atoms with Gasteiger partial charge in [-0.05, 0) is 54.9 Å². The Bertz CT molecular complexity index is 1280. The molecule has 0 spiro atoms. The van der Waals surface area contributed by atoms with Crippen LogP contribution < -0.4 is 5.32 Å². The summed E-state index contributed by atoms with van der Waals surface area (Å²) in [5.74, 6) is -1.71. The Morgan fingerprint density at radius 1 is 1.24 bits per heavy atom. The van der Waals surface area contributed by atoms with Crippen molar-refractivity contribution in [3.8, 4) is 11.3 Å². The molecule has 3 aromatic rings. The molecule has 7 nitrogen and oxygen atoms in total. The van der Waals surface area contributed by atoms with Crippen molar-refractivity contribution in [2.45, 2.75) is 51.0 Å². The van der Waals surface area contributed by atoms with Crippen molar-refractivity contribution in [2.75, 3.05) is 6.54 Å². The number of carbonyl (C=O) groups is 1. The highest BCUT2D eigenvalue weighted by atomic mass is 19.1. The van der Waals surface area contributed by atoms with E-state index in [0.717, 1.165) is 18.4 Å². The molecule has 2 bridgehead atoms. The van der Waals surface area contributed by atoms with Crippen LogP contribution in [0.15, 0.2) is 36.7 Å². The van der Waals surface area contributed by atoms with E-state index in [0.29, 0.717) is 11.4 Å². The summed E-state index contributed by atoms with van der Waals surface area (Å²) >= 11 is 0. The molecule has 2 heterocycles. The van der Waals surface area contributed by atoms with Gasteiger partial charge >= 0.3 is 0 Å². The van der Waals surface area contributed by atoms with E-state index in [9.17, 15) is 18.7 Å². The lowest BCUT2D eigenvalue weighted by molar-refractivity contribution is 0.0917. The first-order valence-corrected chi connectivity index (χ1v) is 11.3. The molecule has 0 saturated heterocycles. The number of halogens is 2. The van der Waals surface area contributed by atoms with E-state index in [1.165, 1.54) is 24.4 Å². The van der Waals surface area contributed by atoms with Crippen molar-refractivity contribution in [1.29, 1.82) is 0 Å². The number of hydrogen-bond donors (Lipinski definition) is 2. The van der Waals surface area contributed by atoms with Gasteiger partial charge in [0.2, 0.25) is 0 Å². The van der Waals surface area contributed by atoms with E-state index in [1.54, 1.807) is 19.2 Å². The fourth-order valence-corrected chi connectivity index (χ4v) is 5.77. The zero-order chi connectivity index (χ0) is 24.3. The maximum absolute atomic E-state index is 14.4. The molecule has 0 unspecified atom stereocenters. The molecule has 2 aromatic heterocycles. The average molecular weight is 466 g/mol. The number of carbonyl (C=O) groups excluding carboxylic acids is 1. The highest BCUT2D eigenvalue weighted by Crippen LogP contribution is 2.69. The smallest absolute Gasteiger partial charge is 0.271 e. The van der Waals surface area contributed by atoms with Gasteiger partial charge in [0.15, 0.2) is 0 Å². The molecule has 0 aliphatic heterocycles. The van der Waals surface area contributed by atoms with Crippen LogP contribution in [0.5, 0.6) is 0 Å². The first kappa shape index (κ1) is 22.5. The van der Waals surface area contributed by atoms with E-state index in [4.69, 9.17) is 0 Å². The second-order valence-electron chi connectivity index (χ2n) is 9.70. The summed E-state index contributed by atoms with van der Waals surface area (Å²) in [6.07, 6.45) is 3.94. The fourth-order valence-electron chi connectivity index (χ4n) is 5.77. The van der Waals surface area contributed by atoms with Gasteiger partial charge in [-0.1, -0.05) is 19.9 Å². The lowest BCUT2D eigenvalue weighted by Gasteiger charge is -2.37. The van der Waals surface area contributed by atoms with Crippen LogP contribution in [-0.2, 0) is 5.41 Å². The first-order chi connectivity index (χ1) is 16.2. The van der Waals surface area contributed by atoms with Gasteiger partial charge in [0, 0.05) is 12.7 Å². The van der Waals surface area contributed by atoms with Gasteiger partial charge in [0.25, 0.3) is 5.91 Å². The largest absolute Gasteiger partial charge is 0.392 e. The number of benzene rings is 1. The Labute approximate surface area is 195 Å². The topological polar surface area (TPSA) is 101 Å². The van der Waals surface area contributed by atoms with Gasteiger partial charge in [-0.2, -0.15) is 5.10 Å². The fraction of sp³-hybridized carbons (Fsp3) is 0.400. The van der Waals surface area contributed by atoms with Crippen molar-refractivity contribution >= 4 is 5.91 Å². The molecule has 1 saturated carbocycles. The third-order valence-electron chi connectivity index (χ3n) is 7.46. The lowest BCUT2D eigenvalue weighted by atomic mass is 9.66. The van der Waals surface area contributed by atoms with E-state index < -0.39 is 29.1 Å². The van der Waals surface area contributed by atoms with E-state index in [1.807, 2.05) is 0 Å². The van der Waals surface area contributed by atoms with Gasteiger partial charge in [0.05, 0.1) is 40.4 Å². The van der Waals surface area contributed by atoms with Crippen molar-refractivity contribution < 1.29 is 18.7 Å². The molecule has 2 N–H and O–H groups in total. The Hall–Kier alpha value is -3.33. The monoisotopic (exact) mass is 465 g/mol. The van der Waals surface area contributed by atoms with Crippen molar-refractivity contribution in [2.24, 2.45) is 5.41 Å². The second kappa shape index (κ2) is 7.87. The summed E-state index contributed by atoms with van der Waals surface area (Å²) in [4.78, 5) is 21.5. The standard InChI is InChI=1S/C25H25F2N5O2/c1-13(33)10-29-23(34)19-11-28-12-20(30-19)25-8-7-15(24(25,2)3)14-9-18(31-32-22(14)25)21-16(26)5-4-6-17(21)27/h4-6,9,11-13,15,33H,7-8,10H2,1-3H3,(H,29,34)/t13-,15+,25+/m1/s1. The maximum Gasteiger partial charge on any atom is 0.271 e. The van der Waals surface area contributed by atoms with E-state index in [-0.39, 0.29) is 34.8 Å². The third-order valence-corrected chi connectivity index (χ3v) is 7.46. The first-order valence-electron chi connectivity index (χ1n) is 11.3. The van der Waals surface area contributed by atoms with Crippen LogP contribution in [0.3, 0.4) is 0 Å². The number of amides is 1. The average Bonchev–Trinajstić information content (AvgIpc) is 3.18. The number of aliphatic hydroxyl groups is 1. The summed E-state index contributed by atoms with van der Waals surface area (Å²) in [6.45, 7) is 5.93. The van der Waals surface area contributed by atoms with E-state index >= 15 is 0 Å². The molecule has 1 fully saturated rings. The van der Waals surface area contributed by atoms with Crippen molar-refractivity contribution in [3.05, 3.63) is 70.9 Å². The summed E-state index contributed by atoms with van der Waals surface area (Å²) in [5.41, 5.74) is 1.37. The Kier molecular flexibility index (Phi) is 5.20. The van der Waals surface area contributed by atoms with Crippen LogP contribution in [0.2, 0.25) is 0 Å². The summed E-state index contributed by atoms with van der Waals surface area (Å²) < 4.78 is 28.8. The Morgan fingerprint density at radius 2 is 1.97 bits per heavy atom. The number of nitrogens with zero attached hydrogens (tertiary/aromatic N) is 4. The molecule has 5 rings (SSSR count). The van der Waals surface area contributed by atoms with Crippen molar-refractivity contribution in [1.82, 2.24) is 25.5 Å². The Balaban J connectivity index is 1.61. The molecule has 1 aromatic carbocycles. The SMILES string of the molecule is C[C@@H](O)CNC(=O)c1cncc([C@@]23CC[C@@H](c4cc(-c5c(F)cccc5F)nnc42)C3(C)C)n1. The van der Waals surface area contributed by atoms with Gasteiger partial charge in [-0.25, -0.2) is 13.8 Å². The molecular weight excluding hydrogens is 440 g/mol. The van der Waals surface area contributed by atoms with E-state index in [2.05, 4.69) is 39.3 Å². The van der Waals surface area contributed by atoms with Crippen molar-refractivity contribution in [3.63, 3.8) is 0 Å². The van der Waals surface area contributed by atoms with Crippen LogP contribution in [0.1, 0.15) is 67.0 Å².